The van der Waals surface area contributed by atoms with Gasteiger partial charge in [-0.15, -0.1) is 0 Å². The standard InChI is InChI=1S/C32H47N3O5/c1-10-11-12-17-35(30(37)27(21(2)3)34-31(38)40-32(6,7)8)28(24-19-22(4)18-23(5)20-24)29(36)33-25-13-15-26(39-9)16-14-25/h13-16,18-21,27-28H,10-12,17H2,1-9H3,(H,33,36)(H,34,38). The van der Waals surface area contributed by atoms with Gasteiger partial charge in [0.15, 0.2) is 0 Å². The summed E-state index contributed by atoms with van der Waals surface area (Å²) in [6.07, 6.45) is 1.91. The number of ether oxygens (including phenoxy) is 2. The predicted octanol–water partition coefficient (Wildman–Crippen LogP) is 6.56. The van der Waals surface area contributed by atoms with E-state index in [0.29, 0.717) is 23.5 Å². The van der Waals surface area contributed by atoms with Crippen molar-refractivity contribution < 1.29 is 23.9 Å². The Morgan fingerprint density at radius 2 is 1.55 bits per heavy atom. The molecule has 0 saturated heterocycles. The summed E-state index contributed by atoms with van der Waals surface area (Å²) < 4.78 is 10.7. The van der Waals surface area contributed by atoms with Crippen molar-refractivity contribution in [2.75, 3.05) is 19.0 Å². The van der Waals surface area contributed by atoms with Gasteiger partial charge in [0.2, 0.25) is 5.91 Å². The number of rotatable bonds is 12. The minimum absolute atomic E-state index is 0.238. The van der Waals surface area contributed by atoms with Crippen molar-refractivity contribution in [2.45, 2.75) is 92.3 Å². The van der Waals surface area contributed by atoms with Crippen LogP contribution in [0.3, 0.4) is 0 Å². The molecule has 8 nitrogen and oxygen atoms in total. The van der Waals surface area contributed by atoms with E-state index < -0.39 is 23.8 Å². The molecule has 2 rings (SSSR count). The van der Waals surface area contributed by atoms with Crippen LogP contribution >= 0.6 is 0 Å². The van der Waals surface area contributed by atoms with Gasteiger partial charge in [-0.2, -0.15) is 0 Å². The highest BCUT2D eigenvalue weighted by molar-refractivity contribution is 5.99. The maximum Gasteiger partial charge on any atom is 0.408 e. The Balaban J connectivity index is 2.56. The quantitative estimate of drug-likeness (QED) is 0.290. The van der Waals surface area contributed by atoms with E-state index in [4.69, 9.17) is 9.47 Å². The van der Waals surface area contributed by atoms with Gasteiger partial charge in [0.1, 0.15) is 23.4 Å². The van der Waals surface area contributed by atoms with Gasteiger partial charge >= 0.3 is 6.09 Å². The zero-order chi connectivity index (χ0) is 30.0. The normalized spacial score (nSPS) is 12.8. The molecule has 0 fully saturated rings. The van der Waals surface area contributed by atoms with E-state index in [0.717, 1.165) is 30.4 Å². The van der Waals surface area contributed by atoms with Gasteiger partial charge in [0.25, 0.3) is 5.91 Å². The number of alkyl carbamates (subject to hydrolysis) is 1. The summed E-state index contributed by atoms with van der Waals surface area (Å²) in [6, 6.07) is 11.2. The van der Waals surface area contributed by atoms with Gasteiger partial charge in [0.05, 0.1) is 7.11 Å². The molecule has 0 spiro atoms. The minimum atomic E-state index is -0.910. The van der Waals surface area contributed by atoms with Crippen LogP contribution < -0.4 is 15.4 Å². The number of nitrogens with one attached hydrogen (secondary N) is 2. The number of hydrogen-bond donors (Lipinski definition) is 2. The molecule has 220 valence electrons. The van der Waals surface area contributed by atoms with Crippen molar-refractivity contribution in [3.8, 4) is 5.75 Å². The number of amides is 3. The number of carbonyl (C=O) groups excluding carboxylic acids is 3. The lowest BCUT2D eigenvalue weighted by Crippen LogP contribution is -2.54. The van der Waals surface area contributed by atoms with Crippen molar-refractivity contribution in [3.05, 3.63) is 59.2 Å². The van der Waals surface area contributed by atoms with Gasteiger partial charge < -0.3 is 25.0 Å². The summed E-state index contributed by atoms with van der Waals surface area (Å²) in [7, 11) is 1.58. The molecule has 0 aliphatic heterocycles. The Labute approximate surface area is 239 Å². The highest BCUT2D eigenvalue weighted by Gasteiger charge is 2.37. The van der Waals surface area contributed by atoms with Crippen LogP contribution in [-0.4, -0.2) is 48.1 Å². The first-order valence-electron chi connectivity index (χ1n) is 14.1. The van der Waals surface area contributed by atoms with E-state index in [1.165, 1.54) is 0 Å². The number of unbranched alkanes of at least 4 members (excludes halogenated alkanes) is 2. The van der Waals surface area contributed by atoms with Crippen LogP contribution in [0.1, 0.15) is 83.5 Å². The molecule has 0 bridgehead atoms. The highest BCUT2D eigenvalue weighted by Crippen LogP contribution is 2.28. The highest BCUT2D eigenvalue weighted by atomic mass is 16.6. The molecular weight excluding hydrogens is 506 g/mol. The van der Waals surface area contributed by atoms with Gasteiger partial charge in [0, 0.05) is 12.2 Å². The third-order valence-electron chi connectivity index (χ3n) is 6.37. The molecule has 2 N–H and O–H groups in total. The second kappa shape index (κ2) is 14.7. The van der Waals surface area contributed by atoms with Crippen molar-refractivity contribution in [1.29, 1.82) is 0 Å². The number of nitrogens with zero attached hydrogens (tertiary/aromatic N) is 1. The van der Waals surface area contributed by atoms with Crippen molar-refractivity contribution in [2.24, 2.45) is 5.92 Å². The first kappa shape index (κ1) is 32.7. The Hall–Kier alpha value is -3.55. The summed E-state index contributed by atoms with van der Waals surface area (Å²) in [4.78, 5) is 42.6. The fourth-order valence-corrected chi connectivity index (χ4v) is 4.55. The maximum atomic E-state index is 14.3. The van der Waals surface area contributed by atoms with Crippen LogP contribution in [-0.2, 0) is 14.3 Å². The van der Waals surface area contributed by atoms with Crippen molar-refractivity contribution >= 4 is 23.6 Å². The molecule has 0 radical (unpaired) electrons. The average molecular weight is 554 g/mol. The fraction of sp³-hybridized carbons (Fsp3) is 0.531. The first-order valence-corrected chi connectivity index (χ1v) is 14.1. The molecule has 2 aromatic rings. The van der Waals surface area contributed by atoms with Crippen molar-refractivity contribution in [1.82, 2.24) is 10.2 Å². The number of carbonyl (C=O) groups is 3. The smallest absolute Gasteiger partial charge is 0.408 e. The first-order chi connectivity index (χ1) is 18.7. The van der Waals surface area contributed by atoms with E-state index in [1.807, 2.05) is 45.9 Å². The van der Waals surface area contributed by atoms with E-state index in [2.05, 4.69) is 17.6 Å². The van der Waals surface area contributed by atoms with Gasteiger partial charge in [-0.1, -0.05) is 62.9 Å². The van der Waals surface area contributed by atoms with Crippen LogP contribution in [0.2, 0.25) is 0 Å². The Morgan fingerprint density at radius 3 is 2.05 bits per heavy atom. The number of aryl methyl sites for hydroxylation is 2. The van der Waals surface area contributed by atoms with Crippen LogP contribution in [0.5, 0.6) is 5.75 Å². The van der Waals surface area contributed by atoms with Crippen LogP contribution in [0.25, 0.3) is 0 Å². The molecule has 40 heavy (non-hydrogen) atoms. The lowest BCUT2D eigenvalue weighted by Gasteiger charge is -2.36. The lowest BCUT2D eigenvalue weighted by molar-refractivity contribution is -0.141. The van der Waals surface area contributed by atoms with Gasteiger partial charge in [-0.25, -0.2) is 4.79 Å². The fourth-order valence-electron chi connectivity index (χ4n) is 4.55. The molecule has 8 heteroatoms. The third-order valence-corrected chi connectivity index (χ3v) is 6.37. The molecule has 0 aliphatic carbocycles. The van der Waals surface area contributed by atoms with E-state index >= 15 is 0 Å². The number of anilines is 1. The monoisotopic (exact) mass is 553 g/mol. The zero-order valence-corrected chi connectivity index (χ0v) is 25.6. The second-order valence-corrected chi connectivity index (χ2v) is 11.6. The molecule has 0 aliphatic rings. The van der Waals surface area contributed by atoms with Gasteiger partial charge in [-0.05, 0) is 76.8 Å². The van der Waals surface area contributed by atoms with Gasteiger partial charge in [-0.3, -0.25) is 9.59 Å². The SMILES string of the molecule is CCCCCN(C(=O)C(NC(=O)OC(C)(C)C)C(C)C)C(C(=O)Nc1ccc(OC)cc1)c1cc(C)cc(C)c1. The summed E-state index contributed by atoms with van der Waals surface area (Å²) in [5, 5.41) is 5.77. The van der Waals surface area contributed by atoms with E-state index in [-0.39, 0.29) is 17.7 Å². The molecule has 2 unspecified atom stereocenters. The molecule has 2 aromatic carbocycles. The summed E-state index contributed by atoms with van der Waals surface area (Å²) in [6.45, 7) is 15.4. The largest absolute Gasteiger partial charge is 0.497 e. The summed E-state index contributed by atoms with van der Waals surface area (Å²) >= 11 is 0. The molecule has 2 atom stereocenters. The summed E-state index contributed by atoms with van der Waals surface area (Å²) in [5.74, 6) is -0.225. The molecular formula is C32H47N3O5. The number of benzene rings is 2. The van der Waals surface area contributed by atoms with Crippen LogP contribution in [0.15, 0.2) is 42.5 Å². The Morgan fingerprint density at radius 1 is 0.950 bits per heavy atom. The molecule has 0 heterocycles. The van der Waals surface area contributed by atoms with E-state index in [9.17, 15) is 14.4 Å². The Bertz CT molecular complexity index is 1120. The van der Waals surface area contributed by atoms with Crippen LogP contribution in [0.4, 0.5) is 10.5 Å². The maximum absolute atomic E-state index is 14.3. The second-order valence-electron chi connectivity index (χ2n) is 11.6. The molecule has 0 aromatic heterocycles. The average Bonchev–Trinajstić information content (AvgIpc) is 2.85. The molecule has 3 amide bonds. The molecule has 0 saturated carbocycles. The van der Waals surface area contributed by atoms with Crippen LogP contribution in [0, 0.1) is 19.8 Å². The Kier molecular flexibility index (Phi) is 12.0. The lowest BCUT2D eigenvalue weighted by atomic mass is 9.96. The summed E-state index contributed by atoms with van der Waals surface area (Å²) in [5.41, 5.74) is 2.58. The topological polar surface area (TPSA) is 97.0 Å². The minimum Gasteiger partial charge on any atom is -0.497 e. The van der Waals surface area contributed by atoms with Crippen molar-refractivity contribution in [3.63, 3.8) is 0 Å². The third kappa shape index (κ3) is 9.88. The van der Waals surface area contributed by atoms with E-state index in [1.54, 1.807) is 57.0 Å². The number of methoxy groups -OCH3 is 1. The number of hydrogen-bond acceptors (Lipinski definition) is 5. The zero-order valence-electron chi connectivity index (χ0n) is 25.6. The predicted molar refractivity (Wildman–Crippen MR) is 160 cm³/mol.